The highest BCUT2D eigenvalue weighted by Gasteiger charge is 2.21. The van der Waals surface area contributed by atoms with Crippen molar-refractivity contribution in [1.82, 2.24) is 4.90 Å². The Balaban J connectivity index is 1.54. The standard InChI is InChI=1S/C22H32N2O5/c1-17(25)28-20(15-24-11-5-6-12-24)16-27-23-14-18-9-10-21(26-2)22(13-18)29-19-7-3-4-8-19/h9-10,13-14,19-20H,3-8,11-12,15-16H2,1-2H3/b23-14+. The van der Waals surface area contributed by atoms with Gasteiger partial charge in [0.05, 0.1) is 19.4 Å². The minimum absolute atomic E-state index is 0.230. The molecule has 160 valence electrons. The maximum atomic E-state index is 11.4. The summed E-state index contributed by atoms with van der Waals surface area (Å²) in [7, 11) is 1.64. The molecule has 7 nitrogen and oxygen atoms in total. The van der Waals surface area contributed by atoms with Crippen molar-refractivity contribution in [3.63, 3.8) is 0 Å². The lowest BCUT2D eigenvalue weighted by Crippen LogP contribution is -2.35. The Morgan fingerprint density at radius 1 is 1.21 bits per heavy atom. The zero-order chi connectivity index (χ0) is 20.5. The van der Waals surface area contributed by atoms with E-state index in [2.05, 4.69) is 10.1 Å². The number of oxime groups is 1. The van der Waals surface area contributed by atoms with E-state index < -0.39 is 0 Å². The van der Waals surface area contributed by atoms with Crippen LogP contribution >= 0.6 is 0 Å². The van der Waals surface area contributed by atoms with E-state index >= 15 is 0 Å². The molecule has 2 aliphatic rings. The van der Waals surface area contributed by atoms with Crippen molar-refractivity contribution >= 4 is 12.2 Å². The average Bonchev–Trinajstić information content (AvgIpc) is 3.39. The van der Waals surface area contributed by atoms with Gasteiger partial charge in [-0.25, -0.2) is 0 Å². The molecule has 1 unspecified atom stereocenters. The SMILES string of the molecule is COc1ccc(/C=N/OCC(CN2CCCC2)OC(C)=O)cc1OC1CCCC1. The van der Waals surface area contributed by atoms with E-state index in [9.17, 15) is 4.79 Å². The van der Waals surface area contributed by atoms with Crippen LogP contribution in [0.4, 0.5) is 0 Å². The van der Waals surface area contributed by atoms with Crippen molar-refractivity contribution in [2.45, 2.75) is 57.7 Å². The van der Waals surface area contributed by atoms with Crippen LogP contribution in [0.1, 0.15) is 51.0 Å². The highest BCUT2D eigenvalue weighted by atomic mass is 16.6. The number of ether oxygens (including phenoxy) is 3. The molecule has 1 aliphatic carbocycles. The molecule has 1 saturated carbocycles. The van der Waals surface area contributed by atoms with Gasteiger partial charge in [0.25, 0.3) is 0 Å². The maximum absolute atomic E-state index is 11.4. The molecule has 0 spiro atoms. The quantitative estimate of drug-likeness (QED) is 0.338. The van der Waals surface area contributed by atoms with E-state index in [1.54, 1.807) is 13.3 Å². The lowest BCUT2D eigenvalue weighted by atomic mass is 10.2. The van der Waals surface area contributed by atoms with Crippen LogP contribution in [-0.4, -0.2) is 62.6 Å². The largest absolute Gasteiger partial charge is 0.493 e. The van der Waals surface area contributed by atoms with Crippen molar-refractivity contribution in [1.29, 1.82) is 0 Å². The van der Waals surface area contributed by atoms with Crippen LogP contribution in [0.3, 0.4) is 0 Å². The van der Waals surface area contributed by atoms with Gasteiger partial charge >= 0.3 is 5.97 Å². The summed E-state index contributed by atoms with van der Waals surface area (Å²) in [6, 6.07) is 5.69. The number of methoxy groups -OCH3 is 1. The summed E-state index contributed by atoms with van der Waals surface area (Å²) in [5.74, 6) is 1.15. The minimum Gasteiger partial charge on any atom is -0.493 e. The van der Waals surface area contributed by atoms with Crippen molar-refractivity contribution < 1.29 is 23.8 Å². The van der Waals surface area contributed by atoms with Crippen LogP contribution in [0.5, 0.6) is 11.5 Å². The summed E-state index contributed by atoms with van der Waals surface area (Å²) >= 11 is 0. The highest BCUT2D eigenvalue weighted by molar-refractivity contribution is 5.80. The molecule has 0 amide bonds. The van der Waals surface area contributed by atoms with Gasteiger partial charge in [0.1, 0.15) is 0 Å². The predicted molar refractivity (Wildman–Crippen MR) is 111 cm³/mol. The van der Waals surface area contributed by atoms with Gasteiger partial charge in [-0.3, -0.25) is 9.69 Å². The molecule has 1 aliphatic heterocycles. The topological polar surface area (TPSA) is 69.6 Å². The molecule has 29 heavy (non-hydrogen) atoms. The second-order valence-electron chi connectivity index (χ2n) is 7.70. The molecule has 1 saturated heterocycles. The van der Waals surface area contributed by atoms with E-state index in [1.165, 1.54) is 32.6 Å². The molecule has 1 atom stereocenters. The lowest BCUT2D eigenvalue weighted by Gasteiger charge is -2.22. The normalized spacial score (nSPS) is 18.8. The Morgan fingerprint density at radius 3 is 2.66 bits per heavy atom. The maximum Gasteiger partial charge on any atom is 0.303 e. The number of rotatable bonds is 10. The molecular weight excluding hydrogens is 372 g/mol. The van der Waals surface area contributed by atoms with Crippen LogP contribution in [0.15, 0.2) is 23.4 Å². The van der Waals surface area contributed by atoms with Gasteiger partial charge in [0.15, 0.2) is 24.2 Å². The average molecular weight is 405 g/mol. The molecular formula is C22H32N2O5. The summed E-state index contributed by atoms with van der Waals surface area (Å²) in [5.41, 5.74) is 0.863. The molecule has 0 radical (unpaired) electrons. The first kappa shape index (κ1) is 21.4. The number of benzene rings is 1. The smallest absolute Gasteiger partial charge is 0.303 e. The van der Waals surface area contributed by atoms with E-state index in [0.717, 1.165) is 43.0 Å². The fourth-order valence-corrected chi connectivity index (χ4v) is 3.89. The number of carbonyl (C=O) groups is 1. The predicted octanol–water partition coefficient (Wildman–Crippen LogP) is 3.39. The number of esters is 1. The van der Waals surface area contributed by atoms with Gasteiger partial charge in [-0.15, -0.1) is 0 Å². The third-order valence-electron chi connectivity index (χ3n) is 5.31. The van der Waals surface area contributed by atoms with Gasteiger partial charge in [-0.2, -0.15) is 0 Å². The Bertz CT molecular complexity index is 682. The van der Waals surface area contributed by atoms with Crippen LogP contribution < -0.4 is 9.47 Å². The molecule has 0 bridgehead atoms. The summed E-state index contributed by atoms with van der Waals surface area (Å²) in [5, 5.41) is 4.06. The fourth-order valence-electron chi connectivity index (χ4n) is 3.89. The van der Waals surface area contributed by atoms with Crippen molar-refractivity contribution in [2.24, 2.45) is 5.16 Å². The molecule has 0 N–H and O–H groups in total. The number of likely N-dealkylation sites (tertiary alicyclic amines) is 1. The van der Waals surface area contributed by atoms with Crippen LogP contribution in [-0.2, 0) is 14.4 Å². The van der Waals surface area contributed by atoms with Crippen LogP contribution in [0.25, 0.3) is 0 Å². The van der Waals surface area contributed by atoms with Crippen molar-refractivity contribution in [2.75, 3.05) is 33.4 Å². The first-order chi connectivity index (χ1) is 14.1. The van der Waals surface area contributed by atoms with E-state index in [4.69, 9.17) is 19.0 Å². The van der Waals surface area contributed by atoms with E-state index in [-0.39, 0.29) is 24.8 Å². The monoisotopic (exact) mass is 404 g/mol. The second-order valence-corrected chi connectivity index (χ2v) is 7.70. The van der Waals surface area contributed by atoms with E-state index in [1.807, 2.05) is 18.2 Å². The zero-order valence-corrected chi connectivity index (χ0v) is 17.5. The Hall–Kier alpha value is -2.28. The van der Waals surface area contributed by atoms with Gasteiger partial charge < -0.3 is 19.0 Å². The summed E-state index contributed by atoms with van der Waals surface area (Å²) in [6.45, 7) is 4.40. The first-order valence-electron chi connectivity index (χ1n) is 10.5. The van der Waals surface area contributed by atoms with Crippen molar-refractivity contribution in [3.05, 3.63) is 23.8 Å². The minimum atomic E-state index is -0.320. The van der Waals surface area contributed by atoms with Crippen LogP contribution in [0, 0.1) is 0 Å². The summed E-state index contributed by atoms with van der Waals surface area (Å²) in [6.07, 6.45) is 8.54. The number of hydrogen-bond donors (Lipinski definition) is 0. The Kier molecular flexibility index (Phi) is 8.16. The summed E-state index contributed by atoms with van der Waals surface area (Å²) < 4.78 is 16.9. The molecule has 7 heteroatoms. The molecule has 3 rings (SSSR count). The third kappa shape index (κ3) is 6.92. The van der Waals surface area contributed by atoms with Gasteiger partial charge in [-0.05, 0) is 69.8 Å². The fraction of sp³-hybridized carbons (Fsp3) is 0.636. The third-order valence-corrected chi connectivity index (χ3v) is 5.31. The van der Waals surface area contributed by atoms with Crippen LogP contribution in [0.2, 0.25) is 0 Å². The van der Waals surface area contributed by atoms with Gasteiger partial charge in [0.2, 0.25) is 0 Å². The molecule has 1 heterocycles. The Labute approximate surface area is 172 Å². The van der Waals surface area contributed by atoms with Gasteiger partial charge in [0, 0.05) is 19.0 Å². The molecule has 2 fully saturated rings. The van der Waals surface area contributed by atoms with Gasteiger partial charge in [-0.1, -0.05) is 5.16 Å². The second kappa shape index (κ2) is 11.0. The van der Waals surface area contributed by atoms with Crippen molar-refractivity contribution in [3.8, 4) is 11.5 Å². The number of hydrogen-bond acceptors (Lipinski definition) is 7. The highest BCUT2D eigenvalue weighted by Crippen LogP contribution is 2.32. The summed E-state index contributed by atoms with van der Waals surface area (Å²) in [4.78, 5) is 19.1. The first-order valence-corrected chi connectivity index (χ1v) is 10.5. The number of nitrogens with zero attached hydrogens (tertiary/aromatic N) is 2. The molecule has 0 aromatic heterocycles. The van der Waals surface area contributed by atoms with E-state index in [0.29, 0.717) is 6.54 Å². The Morgan fingerprint density at radius 2 is 1.97 bits per heavy atom. The zero-order valence-electron chi connectivity index (χ0n) is 17.5. The molecule has 1 aromatic carbocycles. The molecule has 1 aromatic rings. The lowest BCUT2D eigenvalue weighted by molar-refractivity contribution is -0.150. The number of carbonyl (C=O) groups excluding carboxylic acids is 1.